The van der Waals surface area contributed by atoms with E-state index in [9.17, 15) is 4.57 Å². The van der Waals surface area contributed by atoms with Crippen molar-refractivity contribution in [1.29, 1.82) is 0 Å². The van der Waals surface area contributed by atoms with Gasteiger partial charge in [0.1, 0.15) is 11.8 Å². The van der Waals surface area contributed by atoms with E-state index >= 15 is 0 Å². The number of hydrogen-bond acceptors (Lipinski definition) is 6. The fourth-order valence-corrected chi connectivity index (χ4v) is 3.81. The van der Waals surface area contributed by atoms with Crippen molar-refractivity contribution in [3.8, 4) is 0 Å². The lowest BCUT2D eigenvalue weighted by Gasteiger charge is -2.15. The lowest BCUT2D eigenvalue weighted by molar-refractivity contribution is 0.220. The second-order valence-corrected chi connectivity index (χ2v) is 7.14. The van der Waals surface area contributed by atoms with Crippen molar-refractivity contribution in [3.05, 3.63) is 30.5 Å². The lowest BCUT2D eigenvalue weighted by atomic mass is 10.4. The molecule has 0 bridgehead atoms. The molecule has 0 aromatic carbocycles. The molecule has 0 aliphatic carbocycles. The van der Waals surface area contributed by atoms with Gasteiger partial charge in [-0.3, -0.25) is 4.57 Å². The highest BCUT2D eigenvalue weighted by atomic mass is 31.2. The van der Waals surface area contributed by atoms with Crippen molar-refractivity contribution in [3.63, 3.8) is 0 Å². The summed E-state index contributed by atoms with van der Waals surface area (Å²) in [4.78, 5) is 12.7. The number of hydrogen-bond donors (Lipinski definition) is 0. The van der Waals surface area contributed by atoms with Gasteiger partial charge in [0, 0.05) is 6.54 Å². The minimum Gasteiger partial charge on any atom is -0.311 e. The second-order valence-electron chi connectivity index (χ2n) is 4.96. The van der Waals surface area contributed by atoms with Gasteiger partial charge in [-0.2, -0.15) is 0 Å². The van der Waals surface area contributed by atoms with Crippen molar-refractivity contribution in [2.75, 3.05) is 19.4 Å². The first-order valence-corrected chi connectivity index (χ1v) is 9.48. The van der Waals surface area contributed by atoms with Crippen molar-refractivity contribution in [2.24, 2.45) is 0 Å². The fraction of sp³-hybridized carbons (Fsp3) is 0.533. The van der Waals surface area contributed by atoms with E-state index in [2.05, 4.69) is 15.0 Å². The third-order valence-corrected chi connectivity index (χ3v) is 5.38. The molecule has 8 heteroatoms. The normalized spacial score (nSPS) is 12.5. The van der Waals surface area contributed by atoms with Crippen LogP contribution in [-0.4, -0.2) is 38.9 Å². The smallest absolute Gasteiger partial charge is 0.311 e. The third kappa shape index (κ3) is 4.70. The van der Waals surface area contributed by atoms with Crippen LogP contribution in [0.5, 0.6) is 0 Å². The molecule has 0 fully saturated rings. The summed E-state index contributed by atoms with van der Waals surface area (Å²) in [6, 6.07) is 0. The number of aryl methyl sites for hydroxylation is 1. The van der Waals surface area contributed by atoms with Crippen LogP contribution in [0, 0.1) is 6.92 Å². The Morgan fingerprint density at radius 3 is 2.61 bits per heavy atom. The van der Waals surface area contributed by atoms with E-state index < -0.39 is 7.60 Å². The standard InChI is InChI=1S/C15H23N4O3P/c1-4-21-23(20,22-5-2)10-8-6-7-9-19-12-18-14-13(3)16-11-17-15(14)19/h6-7,11-12H,4-5,8-10H2,1-3H3/b7-6-. The highest BCUT2D eigenvalue weighted by Crippen LogP contribution is 2.48. The molecule has 0 aliphatic rings. The predicted molar refractivity (Wildman–Crippen MR) is 89.5 cm³/mol. The highest BCUT2D eigenvalue weighted by Gasteiger charge is 2.21. The van der Waals surface area contributed by atoms with E-state index in [1.165, 1.54) is 0 Å². The zero-order valence-electron chi connectivity index (χ0n) is 13.8. The summed E-state index contributed by atoms with van der Waals surface area (Å²) in [5, 5.41) is 0. The maximum absolute atomic E-state index is 12.3. The Labute approximate surface area is 136 Å². The molecule has 2 rings (SSSR count). The van der Waals surface area contributed by atoms with Gasteiger partial charge in [0.15, 0.2) is 5.65 Å². The number of rotatable bonds is 9. The average molecular weight is 338 g/mol. The summed E-state index contributed by atoms with van der Waals surface area (Å²) in [6.07, 6.45) is 8.29. The van der Waals surface area contributed by atoms with E-state index in [0.717, 1.165) is 16.9 Å². The predicted octanol–water partition coefficient (Wildman–Crippen LogP) is 3.35. The molecule has 0 radical (unpaired) electrons. The maximum Gasteiger partial charge on any atom is 0.330 e. The van der Waals surface area contributed by atoms with E-state index in [1.807, 2.05) is 37.5 Å². The van der Waals surface area contributed by atoms with Crippen LogP contribution in [0.4, 0.5) is 0 Å². The quantitative estimate of drug-likeness (QED) is 0.515. The zero-order valence-corrected chi connectivity index (χ0v) is 14.7. The molecule has 0 spiro atoms. The molecule has 126 valence electrons. The molecule has 23 heavy (non-hydrogen) atoms. The molecular formula is C15H23N4O3P. The SMILES string of the molecule is CCOP(=O)(CC/C=C\Cn1cnc2c(C)ncnc21)OCC. The second kappa shape index (κ2) is 8.34. The number of nitrogens with zero attached hydrogens (tertiary/aromatic N) is 4. The van der Waals surface area contributed by atoms with Gasteiger partial charge in [-0.15, -0.1) is 0 Å². The molecule has 2 heterocycles. The summed E-state index contributed by atoms with van der Waals surface area (Å²) in [7, 11) is -2.96. The molecule has 0 aliphatic heterocycles. The average Bonchev–Trinajstić information content (AvgIpc) is 2.92. The van der Waals surface area contributed by atoms with Crippen LogP contribution < -0.4 is 0 Å². The summed E-state index contributed by atoms with van der Waals surface area (Å²) in [6.45, 7) is 6.98. The van der Waals surface area contributed by atoms with E-state index in [4.69, 9.17) is 9.05 Å². The fourth-order valence-electron chi connectivity index (χ4n) is 2.23. The molecule has 7 nitrogen and oxygen atoms in total. The highest BCUT2D eigenvalue weighted by molar-refractivity contribution is 7.53. The minimum absolute atomic E-state index is 0.386. The van der Waals surface area contributed by atoms with Crippen molar-refractivity contribution < 1.29 is 13.6 Å². The molecule has 0 atom stereocenters. The van der Waals surface area contributed by atoms with Crippen LogP contribution in [0.1, 0.15) is 26.0 Å². The summed E-state index contributed by atoms with van der Waals surface area (Å²) < 4.78 is 24.8. The molecule has 0 saturated carbocycles. The van der Waals surface area contributed by atoms with Gasteiger partial charge in [0.2, 0.25) is 0 Å². The topological polar surface area (TPSA) is 79.1 Å². The van der Waals surface area contributed by atoms with Gasteiger partial charge in [0.25, 0.3) is 0 Å². The Hall–Kier alpha value is -1.56. The Kier molecular flexibility index (Phi) is 6.45. The van der Waals surface area contributed by atoms with Crippen LogP contribution in [-0.2, 0) is 20.2 Å². The van der Waals surface area contributed by atoms with Crippen molar-refractivity contribution >= 4 is 18.8 Å². The molecule has 0 amide bonds. The van der Waals surface area contributed by atoms with Gasteiger partial charge in [0.05, 0.1) is 31.4 Å². The van der Waals surface area contributed by atoms with Gasteiger partial charge in [-0.1, -0.05) is 12.2 Å². The number of fused-ring (bicyclic) bond motifs is 1. The van der Waals surface area contributed by atoms with Gasteiger partial charge >= 0.3 is 7.60 Å². The van der Waals surface area contributed by atoms with Crippen molar-refractivity contribution in [1.82, 2.24) is 19.5 Å². The van der Waals surface area contributed by atoms with Crippen molar-refractivity contribution in [2.45, 2.75) is 33.7 Å². The Bertz CT molecular complexity index is 704. The van der Waals surface area contributed by atoms with Gasteiger partial charge in [-0.05, 0) is 27.2 Å². The Morgan fingerprint density at radius 2 is 1.91 bits per heavy atom. The Morgan fingerprint density at radius 1 is 1.17 bits per heavy atom. The van der Waals surface area contributed by atoms with Crippen LogP contribution in [0.2, 0.25) is 0 Å². The van der Waals surface area contributed by atoms with Gasteiger partial charge in [-0.25, -0.2) is 15.0 Å². The van der Waals surface area contributed by atoms with Crippen LogP contribution >= 0.6 is 7.60 Å². The molecule has 2 aromatic heterocycles. The van der Waals surface area contributed by atoms with E-state index in [-0.39, 0.29) is 0 Å². The first kappa shape index (κ1) is 17.8. The summed E-state index contributed by atoms with van der Waals surface area (Å²) in [5.41, 5.74) is 2.50. The first-order chi connectivity index (χ1) is 11.1. The summed E-state index contributed by atoms with van der Waals surface area (Å²) in [5.74, 6) is 0. The van der Waals surface area contributed by atoms with E-state index in [1.54, 1.807) is 12.7 Å². The number of aromatic nitrogens is 4. The largest absolute Gasteiger partial charge is 0.330 e. The molecule has 2 aromatic rings. The maximum atomic E-state index is 12.3. The van der Waals surface area contributed by atoms with Crippen LogP contribution in [0.25, 0.3) is 11.2 Å². The molecule has 0 saturated heterocycles. The van der Waals surface area contributed by atoms with Gasteiger partial charge < -0.3 is 13.6 Å². The monoisotopic (exact) mass is 338 g/mol. The zero-order chi connectivity index (χ0) is 16.7. The Balaban J connectivity index is 1.91. The molecule has 0 unspecified atom stereocenters. The van der Waals surface area contributed by atoms with Crippen LogP contribution in [0.3, 0.4) is 0 Å². The third-order valence-electron chi connectivity index (χ3n) is 3.27. The van der Waals surface area contributed by atoms with Crippen LogP contribution in [0.15, 0.2) is 24.8 Å². The molecule has 0 N–H and O–H groups in total. The first-order valence-electron chi connectivity index (χ1n) is 7.75. The minimum atomic E-state index is -2.96. The lowest BCUT2D eigenvalue weighted by Crippen LogP contribution is -2.00. The molecular weight excluding hydrogens is 315 g/mol. The number of imidazole rings is 1. The summed E-state index contributed by atoms with van der Waals surface area (Å²) >= 11 is 0. The number of allylic oxidation sites excluding steroid dienone is 2. The van der Waals surface area contributed by atoms with E-state index in [0.29, 0.717) is 32.3 Å².